The Labute approximate surface area is 133 Å². The predicted molar refractivity (Wildman–Crippen MR) is 86.5 cm³/mol. The first kappa shape index (κ1) is 13.8. The van der Waals surface area contributed by atoms with E-state index in [1.165, 1.54) is 0 Å². The first-order valence-corrected chi connectivity index (χ1v) is 7.58. The zero-order chi connectivity index (χ0) is 16.0. The molecule has 4 rings (SSSR count). The van der Waals surface area contributed by atoms with Gasteiger partial charge in [0.2, 0.25) is 0 Å². The molecule has 23 heavy (non-hydrogen) atoms. The van der Waals surface area contributed by atoms with Crippen LogP contribution in [0.25, 0.3) is 17.2 Å². The van der Waals surface area contributed by atoms with Crippen molar-refractivity contribution in [1.29, 1.82) is 0 Å². The van der Waals surface area contributed by atoms with Crippen LogP contribution in [-0.2, 0) is 13.5 Å². The highest BCUT2D eigenvalue weighted by Crippen LogP contribution is 2.24. The van der Waals surface area contributed by atoms with Gasteiger partial charge >= 0.3 is 0 Å². The maximum Gasteiger partial charge on any atom is 0.251 e. The molecule has 6 heteroatoms. The largest absolute Gasteiger partial charge is 0.352 e. The van der Waals surface area contributed by atoms with E-state index >= 15 is 0 Å². The molecular formula is C17H17N5O. The molecule has 1 aliphatic rings. The lowest BCUT2D eigenvalue weighted by atomic mass is 10.00. The maximum absolute atomic E-state index is 12.1. The molecule has 0 aliphatic carbocycles. The molecule has 0 radical (unpaired) electrons. The molecule has 1 amide bonds. The van der Waals surface area contributed by atoms with Crippen molar-refractivity contribution in [2.45, 2.75) is 13.3 Å². The van der Waals surface area contributed by atoms with Crippen LogP contribution in [0, 0.1) is 6.92 Å². The van der Waals surface area contributed by atoms with Gasteiger partial charge in [0.15, 0.2) is 5.82 Å². The van der Waals surface area contributed by atoms with E-state index in [2.05, 4.69) is 15.3 Å². The van der Waals surface area contributed by atoms with Gasteiger partial charge in [0, 0.05) is 37.2 Å². The normalized spacial score (nSPS) is 13.7. The number of nitrogens with one attached hydrogen (secondary N) is 1. The van der Waals surface area contributed by atoms with Crippen LogP contribution in [0.3, 0.4) is 0 Å². The van der Waals surface area contributed by atoms with Gasteiger partial charge in [0.25, 0.3) is 5.91 Å². The summed E-state index contributed by atoms with van der Waals surface area (Å²) in [5.74, 6) is 1.73. The third kappa shape index (κ3) is 2.14. The van der Waals surface area contributed by atoms with Crippen molar-refractivity contribution in [2.75, 3.05) is 6.54 Å². The predicted octanol–water partition coefficient (Wildman–Crippen LogP) is 1.87. The third-order valence-corrected chi connectivity index (χ3v) is 4.39. The van der Waals surface area contributed by atoms with Crippen LogP contribution in [0.4, 0.5) is 0 Å². The van der Waals surface area contributed by atoms with Gasteiger partial charge in [-0.2, -0.15) is 0 Å². The number of aryl methyl sites for hydroxylation is 1. The second-order valence-electron chi connectivity index (χ2n) is 5.72. The molecule has 0 spiro atoms. The number of aromatic nitrogens is 4. The second kappa shape index (κ2) is 5.08. The average molecular weight is 307 g/mol. The van der Waals surface area contributed by atoms with Crippen molar-refractivity contribution < 1.29 is 4.79 Å². The number of fused-ring (bicyclic) bond motifs is 1. The Kier molecular flexibility index (Phi) is 3.04. The lowest BCUT2D eigenvalue weighted by Crippen LogP contribution is -2.31. The standard InChI is InChI=1S/C17H17N5O/c1-11-20-10-15(21(11)2)16-18-7-8-22(16)13-4-3-12-5-6-19-17(23)14(12)9-13/h3-4,7-10H,5-6H2,1-2H3,(H,19,23). The minimum absolute atomic E-state index is 0.00820. The molecule has 1 aliphatic heterocycles. The number of carbonyl (C=O) groups is 1. The third-order valence-electron chi connectivity index (χ3n) is 4.39. The number of hydrogen-bond donors (Lipinski definition) is 1. The zero-order valence-corrected chi connectivity index (χ0v) is 13.1. The van der Waals surface area contributed by atoms with E-state index in [1.807, 2.05) is 53.7 Å². The minimum atomic E-state index is -0.00820. The van der Waals surface area contributed by atoms with Crippen LogP contribution in [0.2, 0.25) is 0 Å². The number of rotatable bonds is 2. The first-order chi connectivity index (χ1) is 11.1. The number of nitrogens with zero attached hydrogens (tertiary/aromatic N) is 4. The van der Waals surface area contributed by atoms with Crippen molar-refractivity contribution in [3.8, 4) is 17.2 Å². The van der Waals surface area contributed by atoms with Gasteiger partial charge in [-0.1, -0.05) is 6.07 Å². The van der Waals surface area contributed by atoms with E-state index in [1.54, 1.807) is 6.20 Å². The number of hydrogen-bond acceptors (Lipinski definition) is 3. The molecule has 6 nitrogen and oxygen atoms in total. The summed E-state index contributed by atoms with van der Waals surface area (Å²) in [5.41, 5.74) is 3.70. The van der Waals surface area contributed by atoms with Crippen LogP contribution < -0.4 is 5.32 Å². The van der Waals surface area contributed by atoms with E-state index in [0.29, 0.717) is 6.54 Å². The molecular weight excluding hydrogens is 290 g/mol. The van der Waals surface area contributed by atoms with E-state index in [9.17, 15) is 4.79 Å². The molecule has 0 atom stereocenters. The summed E-state index contributed by atoms with van der Waals surface area (Å²) >= 11 is 0. The van der Waals surface area contributed by atoms with Crippen LogP contribution in [0.1, 0.15) is 21.7 Å². The Morgan fingerprint density at radius 3 is 2.91 bits per heavy atom. The quantitative estimate of drug-likeness (QED) is 0.786. The monoisotopic (exact) mass is 307 g/mol. The molecule has 1 aromatic carbocycles. The Balaban J connectivity index is 1.84. The number of carbonyl (C=O) groups excluding carboxylic acids is 1. The molecule has 3 aromatic rings. The highest BCUT2D eigenvalue weighted by molar-refractivity contribution is 5.97. The summed E-state index contributed by atoms with van der Waals surface area (Å²) in [6, 6.07) is 5.99. The fourth-order valence-electron chi connectivity index (χ4n) is 2.96. The molecule has 0 bridgehead atoms. The van der Waals surface area contributed by atoms with Crippen molar-refractivity contribution in [3.63, 3.8) is 0 Å². The van der Waals surface area contributed by atoms with Crippen molar-refractivity contribution in [2.24, 2.45) is 7.05 Å². The second-order valence-corrected chi connectivity index (χ2v) is 5.72. The summed E-state index contributed by atoms with van der Waals surface area (Å²) in [5, 5.41) is 2.89. The number of benzene rings is 1. The fraction of sp³-hybridized carbons (Fsp3) is 0.235. The van der Waals surface area contributed by atoms with E-state index in [-0.39, 0.29) is 5.91 Å². The van der Waals surface area contributed by atoms with Crippen molar-refractivity contribution in [1.82, 2.24) is 24.4 Å². The Hall–Kier alpha value is -2.89. The van der Waals surface area contributed by atoms with E-state index < -0.39 is 0 Å². The summed E-state index contributed by atoms with van der Waals surface area (Å²) in [6.45, 7) is 2.66. The number of amides is 1. The van der Waals surface area contributed by atoms with Crippen LogP contribution in [0.15, 0.2) is 36.8 Å². The summed E-state index contributed by atoms with van der Waals surface area (Å²) in [7, 11) is 1.97. The fourth-order valence-corrected chi connectivity index (χ4v) is 2.96. The van der Waals surface area contributed by atoms with Gasteiger partial charge in [-0.15, -0.1) is 0 Å². The molecule has 2 aromatic heterocycles. The topological polar surface area (TPSA) is 64.7 Å². The molecule has 0 unspecified atom stereocenters. The summed E-state index contributed by atoms with van der Waals surface area (Å²) in [4.78, 5) is 20.9. The average Bonchev–Trinajstić information content (AvgIpc) is 3.15. The molecule has 0 fully saturated rings. The summed E-state index contributed by atoms with van der Waals surface area (Å²) < 4.78 is 3.99. The zero-order valence-electron chi connectivity index (χ0n) is 13.1. The van der Waals surface area contributed by atoms with Crippen molar-refractivity contribution >= 4 is 5.91 Å². The molecule has 116 valence electrons. The molecule has 1 N–H and O–H groups in total. The Morgan fingerprint density at radius 2 is 2.13 bits per heavy atom. The molecule has 3 heterocycles. The molecule has 0 saturated carbocycles. The summed E-state index contributed by atoms with van der Waals surface area (Å²) in [6.07, 6.45) is 6.36. The van der Waals surface area contributed by atoms with Gasteiger partial charge in [0.05, 0.1) is 6.20 Å². The van der Waals surface area contributed by atoms with Crippen LogP contribution >= 0.6 is 0 Å². The van der Waals surface area contributed by atoms with Gasteiger partial charge in [-0.05, 0) is 31.0 Å². The SMILES string of the molecule is Cc1ncc(-c2nccn2-c2ccc3c(c2)C(=O)NCC3)n1C. The van der Waals surface area contributed by atoms with Crippen LogP contribution in [0.5, 0.6) is 0 Å². The Morgan fingerprint density at radius 1 is 1.26 bits per heavy atom. The Bertz CT molecular complexity index is 906. The van der Waals surface area contributed by atoms with E-state index in [0.717, 1.165) is 40.6 Å². The lowest BCUT2D eigenvalue weighted by Gasteiger charge is -2.18. The maximum atomic E-state index is 12.1. The van der Waals surface area contributed by atoms with Crippen molar-refractivity contribution in [3.05, 3.63) is 53.7 Å². The highest BCUT2D eigenvalue weighted by atomic mass is 16.1. The van der Waals surface area contributed by atoms with Crippen LogP contribution in [-0.4, -0.2) is 31.6 Å². The lowest BCUT2D eigenvalue weighted by molar-refractivity contribution is 0.0946. The highest BCUT2D eigenvalue weighted by Gasteiger charge is 2.19. The smallest absolute Gasteiger partial charge is 0.251 e. The van der Waals surface area contributed by atoms with E-state index in [4.69, 9.17) is 0 Å². The van der Waals surface area contributed by atoms with Gasteiger partial charge in [0.1, 0.15) is 11.5 Å². The first-order valence-electron chi connectivity index (χ1n) is 7.58. The van der Waals surface area contributed by atoms with Gasteiger partial charge < -0.3 is 9.88 Å². The molecule has 0 saturated heterocycles. The minimum Gasteiger partial charge on any atom is -0.352 e. The van der Waals surface area contributed by atoms with Gasteiger partial charge in [-0.25, -0.2) is 9.97 Å². The van der Waals surface area contributed by atoms with Gasteiger partial charge in [-0.3, -0.25) is 9.36 Å². The number of imidazole rings is 2.